The molecule has 2 rings (SSSR count). The summed E-state index contributed by atoms with van der Waals surface area (Å²) in [6.07, 6.45) is 7.86. The van der Waals surface area contributed by atoms with E-state index in [1.807, 2.05) is 17.7 Å². The molecule has 9 heteroatoms. The number of piperidine rings is 1. The minimum absolute atomic E-state index is 0.00926. The van der Waals surface area contributed by atoms with Crippen LogP contribution in [0.2, 0.25) is 0 Å². The van der Waals surface area contributed by atoms with E-state index in [-0.39, 0.29) is 12.1 Å². The number of sulfonamides is 1. The van der Waals surface area contributed by atoms with Crippen LogP contribution in [0.4, 0.5) is 4.79 Å². The Kier molecular flexibility index (Phi) is 6.00. The molecule has 0 spiro atoms. The van der Waals surface area contributed by atoms with Crippen molar-refractivity contribution in [3.05, 3.63) is 18.7 Å². The number of urea groups is 1. The van der Waals surface area contributed by atoms with Gasteiger partial charge in [-0.05, 0) is 12.8 Å². The zero-order valence-electron chi connectivity index (χ0n) is 13.7. The van der Waals surface area contributed by atoms with Crippen molar-refractivity contribution in [2.24, 2.45) is 0 Å². The molecular weight excluding hydrogens is 318 g/mol. The van der Waals surface area contributed by atoms with Gasteiger partial charge in [-0.1, -0.05) is 6.92 Å². The standard InChI is InChI=1S/C14H25N5O3S/c1-3-19(23(2,21)22)13-4-8-18(9-5-13)14(20)16-7-11-17-10-6-15-12-17/h6,10,12-13H,3-5,7-9,11H2,1-2H3,(H,16,20). The number of carbonyl (C=O) groups is 1. The van der Waals surface area contributed by atoms with E-state index in [0.29, 0.717) is 45.6 Å². The Morgan fingerprint density at radius 1 is 1.39 bits per heavy atom. The van der Waals surface area contributed by atoms with Crippen LogP contribution in [0.1, 0.15) is 19.8 Å². The first-order valence-corrected chi connectivity index (χ1v) is 9.72. The Morgan fingerprint density at radius 2 is 2.09 bits per heavy atom. The van der Waals surface area contributed by atoms with Gasteiger partial charge in [0.2, 0.25) is 10.0 Å². The van der Waals surface area contributed by atoms with Gasteiger partial charge in [-0.15, -0.1) is 0 Å². The van der Waals surface area contributed by atoms with Crippen molar-refractivity contribution in [1.82, 2.24) is 24.1 Å². The smallest absolute Gasteiger partial charge is 0.317 e. The topological polar surface area (TPSA) is 87.5 Å². The van der Waals surface area contributed by atoms with Crippen LogP contribution >= 0.6 is 0 Å². The van der Waals surface area contributed by atoms with Gasteiger partial charge in [0.1, 0.15) is 0 Å². The van der Waals surface area contributed by atoms with Gasteiger partial charge < -0.3 is 14.8 Å². The summed E-state index contributed by atoms with van der Waals surface area (Å²) in [5.74, 6) is 0. The molecule has 0 bridgehead atoms. The van der Waals surface area contributed by atoms with Crippen molar-refractivity contribution < 1.29 is 13.2 Å². The number of aromatic nitrogens is 2. The van der Waals surface area contributed by atoms with Crippen LogP contribution in [-0.4, -0.2) is 71.7 Å². The predicted molar refractivity (Wildman–Crippen MR) is 87.4 cm³/mol. The maximum absolute atomic E-state index is 12.1. The molecule has 130 valence electrons. The summed E-state index contributed by atoms with van der Waals surface area (Å²) >= 11 is 0. The fourth-order valence-corrected chi connectivity index (χ4v) is 4.16. The number of nitrogens with one attached hydrogen (secondary N) is 1. The van der Waals surface area contributed by atoms with Crippen LogP contribution in [0.3, 0.4) is 0 Å². The molecule has 1 aliphatic heterocycles. The molecule has 0 aliphatic carbocycles. The van der Waals surface area contributed by atoms with Crippen LogP contribution in [0.5, 0.6) is 0 Å². The van der Waals surface area contributed by atoms with Gasteiger partial charge in [0, 0.05) is 51.2 Å². The highest BCUT2D eigenvalue weighted by molar-refractivity contribution is 7.88. The fourth-order valence-electron chi connectivity index (χ4n) is 2.94. The maximum Gasteiger partial charge on any atom is 0.317 e. The Bertz CT molecular complexity index is 594. The van der Waals surface area contributed by atoms with E-state index < -0.39 is 10.0 Å². The highest BCUT2D eigenvalue weighted by atomic mass is 32.2. The summed E-state index contributed by atoms with van der Waals surface area (Å²) in [5.41, 5.74) is 0. The van der Waals surface area contributed by atoms with Crippen LogP contribution in [0, 0.1) is 0 Å². The molecule has 1 aromatic heterocycles. The lowest BCUT2D eigenvalue weighted by atomic mass is 10.1. The molecular formula is C14H25N5O3S. The summed E-state index contributed by atoms with van der Waals surface area (Å²) in [5, 5.41) is 2.89. The molecule has 1 fully saturated rings. The Morgan fingerprint density at radius 3 is 2.61 bits per heavy atom. The zero-order chi connectivity index (χ0) is 16.9. The largest absolute Gasteiger partial charge is 0.336 e. The highest BCUT2D eigenvalue weighted by Gasteiger charge is 2.30. The third-order valence-electron chi connectivity index (χ3n) is 4.10. The van der Waals surface area contributed by atoms with E-state index in [0.717, 1.165) is 0 Å². The monoisotopic (exact) mass is 343 g/mol. The number of amides is 2. The fraction of sp³-hybridized carbons (Fsp3) is 0.714. The molecule has 0 aromatic carbocycles. The second kappa shape index (κ2) is 7.78. The molecule has 1 aromatic rings. The molecule has 0 atom stereocenters. The lowest BCUT2D eigenvalue weighted by Gasteiger charge is -2.36. The van der Waals surface area contributed by atoms with Crippen LogP contribution in [0.15, 0.2) is 18.7 Å². The third kappa shape index (κ3) is 4.93. The van der Waals surface area contributed by atoms with E-state index in [1.165, 1.54) is 10.6 Å². The van der Waals surface area contributed by atoms with Crippen molar-refractivity contribution in [2.75, 3.05) is 32.4 Å². The first kappa shape index (κ1) is 17.7. The van der Waals surface area contributed by atoms with Gasteiger partial charge in [-0.3, -0.25) is 0 Å². The predicted octanol–water partition coefficient (Wildman–Crippen LogP) is 0.339. The Hall–Kier alpha value is -1.61. The molecule has 23 heavy (non-hydrogen) atoms. The van der Waals surface area contributed by atoms with Gasteiger partial charge in [0.05, 0.1) is 12.6 Å². The second-order valence-electron chi connectivity index (χ2n) is 5.72. The number of imidazole rings is 1. The maximum atomic E-state index is 12.1. The Labute approximate surface area is 137 Å². The van der Waals surface area contributed by atoms with Crippen LogP contribution in [-0.2, 0) is 16.6 Å². The lowest BCUT2D eigenvalue weighted by Crippen LogP contribution is -2.50. The summed E-state index contributed by atoms with van der Waals surface area (Å²) in [4.78, 5) is 17.8. The summed E-state index contributed by atoms with van der Waals surface area (Å²) in [6, 6.07) is -0.101. The number of carbonyl (C=O) groups excluding carboxylic acids is 1. The lowest BCUT2D eigenvalue weighted by molar-refractivity contribution is 0.159. The van der Waals surface area contributed by atoms with E-state index in [1.54, 1.807) is 17.4 Å². The van der Waals surface area contributed by atoms with Gasteiger partial charge in [0.15, 0.2) is 0 Å². The Balaban J connectivity index is 1.76. The van der Waals surface area contributed by atoms with Crippen molar-refractivity contribution in [3.8, 4) is 0 Å². The molecule has 2 amide bonds. The molecule has 1 saturated heterocycles. The van der Waals surface area contributed by atoms with E-state index in [9.17, 15) is 13.2 Å². The van der Waals surface area contributed by atoms with Crippen LogP contribution < -0.4 is 5.32 Å². The van der Waals surface area contributed by atoms with E-state index >= 15 is 0 Å². The van der Waals surface area contributed by atoms with Crippen molar-refractivity contribution in [2.45, 2.75) is 32.4 Å². The minimum Gasteiger partial charge on any atom is -0.336 e. The van der Waals surface area contributed by atoms with Gasteiger partial charge in [-0.25, -0.2) is 18.2 Å². The van der Waals surface area contributed by atoms with Gasteiger partial charge in [-0.2, -0.15) is 4.31 Å². The molecule has 0 saturated carbocycles. The molecule has 1 N–H and O–H groups in total. The van der Waals surface area contributed by atoms with Gasteiger partial charge in [0.25, 0.3) is 0 Å². The molecule has 0 unspecified atom stereocenters. The average molecular weight is 343 g/mol. The highest BCUT2D eigenvalue weighted by Crippen LogP contribution is 2.18. The quantitative estimate of drug-likeness (QED) is 0.807. The number of hydrogen-bond acceptors (Lipinski definition) is 4. The number of nitrogens with zero attached hydrogens (tertiary/aromatic N) is 4. The molecule has 0 radical (unpaired) electrons. The SMILES string of the molecule is CCN(C1CCN(C(=O)NCCn2ccnc2)CC1)S(C)(=O)=O. The average Bonchev–Trinajstić information content (AvgIpc) is 3.00. The number of likely N-dealkylation sites (tertiary alicyclic amines) is 1. The summed E-state index contributed by atoms with van der Waals surface area (Å²) in [7, 11) is -3.19. The van der Waals surface area contributed by atoms with Crippen molar-refractivity contribution in [3.63, 3.8) is 0 Å². The first-order valence-electron chi connectivity index (χ1n) is 7.87. The van der Waals surface area contributed by atoms with E-state index in [2.05, 4.69) is 10.3 Å². The van der Waals surface area contributed by atoms with Crippen molar-refractivity contribution in [1.29, 1.82) is 0 Å². The number of rotatable bonds is 6. The second-order valence-corrected chi connectivity index (χ2v) is 7.65. The summed E-state index contributed by atoms with van der Waals surface area (Å²) in [6.45, 7) is 4.69. The normalized spacial score (nSPS) is 16.7. The third-order valence-corrected chi connectivity index (χ3v) is 5.51. The first-order chi connectivity index (χ1) is 10.9. The number of hydrogen-bond donors (Lipinski definition) is 1. The van der Waals surface area contributed by atoms with Crippen molar-refractivity contribution >= 4 is 16.1 Å². The van der Waals surface area contributed by atoms with E-state index in [4.69, 9.17) is 0 Å². The van der Waals surface area contributed by atoms with Crippen LogP contribution in [0.25, 0.3) is 0 Å². The minimum atomic E-state index is -3.19. The molecule has 8 nitrogen and oxygen atoms in total. The van der Waals surface area contributed by atoms with Gasteiger partial charge >= 0.3 is 6.03 Å². The summed E-state index contributed by atoms with van der Waals surface area (Å²) < 4.78 is 26.9. The zero-order valence-corrected chi connectivity index (χ0v) is 14.5. The molecule has 2 heterocycles. The molecule has 1 aliphatic rings.